The van der Waals surface area contributed by atoms with Gasteiger partial charge in [-0.15, -0.1) is 0 Å². The van der Waals surface area contributed by atoms with E-state index in [9.17, 15) is 4.79 Å². The minimum absolute atomic E-state index is 0.00266. The molecule has 2 aliphatic carbocycles. The van der Waals surface area contributed by atoms with Gasteiger partial charge >= 0.3 is 0 Å². The standard InChI is InChI=1S/C24H29N3O2/c1-17-14-22(29-16-23-25-12-3-13-26-23)15-24(28)27(17)18(2)21-10-8-20(9-11-21)7-6-19-4-5-19/h3,12-15,18-21H,4-5,8-11,16H2,1-2H3. The summed E-state index contributed by atoms with van der Waals surface area (Å²) in [6, 6.07) is 5.47. The van der Waals surface area contributed by atoms with E-state index in [2.05, 4.69) is 28.7 Å². The highest BCUT2D eigenvalue weighted by Gasteiger charge is 2.27. The predicted octanol–water partition coefficient (Wildman–Crippen LogP) is 4.31. The van der Waals surface area contributed by atoms with E-state index >= 15 is 0 Å². The Morgan fingerprint density at radius 2 is 1.69 bits per heavy atom. The van der Waals surface area contributed by atoms with E-state index in [1.54, 1.807) is 24.5 Å². The Hall–Kier alpha value is -2.61. The Morgan fingerprint density at radius 1 is 1.07 bits per heavy atom. The fraction of sp³-hybridized carbons (Fsp3) is 0.542. The lowest BCUT2D eigenvalue weighted by Gasteiger charge is -2.32. The van der Waals surface area contributed by atoms with Gasteiger partial charge in [-0.05, 0) is 70.4 Å². The van der Waals surface area contributed by atoms with Crippen LogP contribution in [0.4, 0.5) is 0 Å². The smallest absolute Gasteiger partial charge is 0.254 e. The van der Waals surface area contributed by atoms with E-state index in [0.717, 1.165) is 31.4 Å². The van der Waals surface area contributed by atoms with Gasteiger partial charge < -0.3 is 9.30 Å². The Labute approximate surface area is 172 Å². The highest BCUT2D eigenvalue weighted by Crippen LogP contribution is 2.36. The summed E-state index contributed by atoms with van der Waals surface area (Å²) in [4.78, 5) is 21.1. The van der Waals surface area contributed by atoms with Crippen molar-refractivity contribution in [2.45, 2.75) is 65.0 Å². The number of aryl methyl sites for hydroxylation is 1. The lowest BCUT2D eigenvalue weighted by atomic mass is 9.79. The number of ether oxygens (including phenoxy) is 1. The van der Waals surface area contributed by atoms with Gasteiger partial charge in [0.1, 0.15) is 12.4 Å². The van der Waals surface area contributed by atoms with Crippen molar-refractivity contribution in [3.05, 3.63) is 52.5 Å². The molecule has 5 nitrogen and oxygen atoms in total. The number of aromatic nitrogens is 3. The van der Waals surface area contributed by atoms with Crippen LogP contribution in [0.1, 0.15) is 63.0 Å². The van der Waals surface area contributed by atoms with Crippen LogP contribution in [0.15, 0.2) is 35.4 Å². The first-order valence-corrected chi connectivity index (χ1v) is 10.7. The van der Waals surface area contributed by atoms with Crippen LogP contribution in [-0.4, -0.2) is 14.5 Å². The molecule has 0 spiro atoms. The number of nitrogens with zero attached hydrogens (tertiary/aromatic N) is 3. The topological polar surface area (TPSA) is 57.0 Å². The molecule has 0 N–H and O–H groups in total. The summed E-state index contributed by atoms with van der Waals surface area (Å²) in [5.41, 5.74) is 0.932. The highest BCUT2D eigenvalue weighted by molar-refractivity contribution is 5.24. The molecule has 2 aliphatic rings. The second-order valence-corrected chi connectivity index (χ2v) is 8.41. The number of rotatable bonds is 5. The zero-order valence-electron chi connectivity index (χ0n) is 17.3. The number of pyridine rings is 1. The molecule has 0 bridgehead atoms. The van der Waals surface area contributed by atoms with Crippen molar-refractivity contribution in [2.75, 3.05) is 0 Å². The third-order valence-electron chi connectivity index (χ3n) is 6.15. The Balaban J connectivity index is 1.39. The van der Waals surface area contributed by atoms with Crippen LogP contribution in [-0.2, 0) is 6.61 Å². The molecule has 1 atom stereocenters. The molecule has 152 valence electrons. The first kappa shape index (κ1) is 19.7. The summed E-state index contributed by atoms with van der Waals surface area (Å²) in [6.45, 7) is 4.41. The monoisotopic (exact) mass is 391 g/mol. The summed E-state index contributed by atoms with van der Waals surface area (Å²) in [6.07, 6.45) is 10.5. The first-order valence-electron chi connectivity index (χ1n) is 10.7. The summed E-state index contributed by atoms with van der Waals surface area (Å²) >= 11 is 0. The predicted molar refractivity (Wildman–Crippen MR) is 112 cm³/mol. The molecule has 0 saturated heterocycles. The van der Waals surface area contributed by atoms with Gasteiger partial charge in [-0.2, -0.15) is 0 Å². The van der Waals surface area contributed by atoms with Crippen molar-refractivity contribution in [2.24, 2.45) is 17.8 Å². The summed E-state index contributed by atoms with van der Waals surface area (Å²) < 4.78 is 7.67. The summed E-state index contributed by atoms with van der Waals surface area (Å²) in [5.74, 6) is 9.84. The largest absolute Gasteiger partial charge is 0.485 e. The molecule has 4 rings (SSSR count). The molecule has 29 heavy (non-hydrogen) atoms. The van der Waals surface area contributed by atoms with Crippen LogP contribution in [0.2, 0.25) is 0 Å². The molecule has 2 saturated carbocycles. The first-order chi connectivity index (χ1) is 14.1. The molecule has 0 aliphatic heterocycles. The number of hydrogen-bond acceptors (Lipinski definition) is 4. The van der Waals surface area contributed by atoms with Gasteiger partial charge in [0.15, 0.2) is 5.82 Å². The van der Waals surface area contributed by atoms with Gasteiger partial charge in [0.2, 0.25) is 0 Å². The van der Waals surface area contributed by atoms with Crippen molar-refractivity contribution in [1.82, 2.24) is 14.5 Å². The fourth-order valence-corrected chi connectivity index (χ4v) is 4.26. The number of hydrogen-bond donors (Lipinski definition) is 0. The SMILES string of the molecule is Cc1cc(OCc2ncccn2)cc(=O)n1C(C)C1CCC(C#CC2CC2)CC1. The maximum atomic E-state index is 12.8. The Kier molecular flexibility index (Phi) is 5.99. The Morgan fingerprint density at radius 3 is 2.28 bits per heavy atom. The van der Waals surface area contributed by atoms with Gasteiger partial charge in [-0.1, -0.05) is 11.8 Å². The van der Waals surface area contributed by atoms with Gasteiger partial charge in [0, 0.05) is 42.0 Å². The average molecular weight is 392 g/mol. The van der Waals surface area contributed by atoms with Crippen molar-refractivity contribution in [3.63, 3.8) is 0 Å². The van der Waals surface area contributed by atoms with E-state index in [0.29, 0.717) is 29.3 Å². The van der Waals surface area contributed by atoms with Crippen molar-refractivity contribution >= 4 is 0 Å². The second-order valence-electron chi connectivity index (χ2n) is 8.41. The van der Waals surface area contributed by atoms with Crippen LogP contribution in [0, 0.1) is 36.5 Å². The van der Waals surface area contributed by atoms with Crippen molar-refractivity contribution in [1.29, 1.82) is 0 Å². The molecule has 1 unspecified atom stereocenters. The van der Waals surface area contributed by atoms with E-state index in [4.69, 9.17) is 4.74 Å². The van der Waals surface area contributed by atoms with Crippen molar-refractivity contribution in [3.8, 4) is 17.6 Å². The quantitative estimate of drug-likeness (QED) is 0.713. The van der Waals surface area contributed by atoms with Crippen LogP contribution in [0.25, 0.3) is 0 Å². The lowest BCUT2D eigenvalue weighted by molar-refractivity contribution is 0.233. The second kappa shape index (κ2) is 8.82. The molecule has 2 heterocycles. The van der Waals surface area contributed by atoms with Gasteiger partial charge in [0.25, 0.3) is 5.56 Å². The molecular formula is C24H29N3O2. The third kappa shape index (κ3) is 5.06. The molecule has 0 radical (unpaired) electrons. The summed E-state index contributed by atoms with van der Waals surface area (Å²) in [5, 5.41) is 0. The Bertz CT molecular complexity index is 946. The molecule has 2 aromatic heterocycles. The molecule has 2 fully saturated rings. The van der Waals surface area contributed by atoms with Crippen LogP contribution in [0.3, 0.4) is 0 Å². The maximum absolute atomic E-state index is 12.8. The molecule has 2 aromatic rings. The van der Waals surface area contributed by atoms with Crippen LogP contribution in [0.5, 0.6) is 5.75 Å². The minimum atomic E-state index is -0.00266. The summed E-state index contributed by atoms with van der Waals surface area (Å²) in [7, 11) is 0. The average Bonchev–Trinajstić information content (AvgIpc) is 3.56. The molecule has 0 amide bonds. The third-order valence-corrected chi connectivity index (χ3v) is 6.15. The minimum Gasteiger partial charge on any atom is -0.485 e. The molecular weight excluding hydrogens is 362 g/mol. The van der Waals surface area contributed by atoms with E-state index < -0.39 is 0 Å². The van der Waals surface area contributed by atoms with E-state index in [1.807, 2.05) is 17.6 Å². The highest BCUT2D eigenvalue weighted by atomic mass is 16.5. The van der Waals surface area contributed by atoms with E-state index in [1.165, 1.54) is 12.8 Å². The fourth-order valence-electron chi connectivity index (χ4n) is 4.26. The van der Waals surface area contributed by atoms with Crippen LogP contribution >= 0.6 is 0 Å². The van der Waals surface area contributed by atoms with Gasteiger partial charge in [-0.25, -0.2) is 9.97 Å². The lowest BCUT2D eigenvalue weighted by Crippen LogP contribution is -2.31. The molecule has 0 aromatic carbocycles. The maximum Gasteiger partial charge on any atom is 0.254 e. The normalized spacial score (nSPS) is 22.4. The van der Waals surface area contributed by atoms with Crippen molar-refractivity contribution < 1.29 is 4.74 Å². The zero-order chi connectivity index (χ0) is 20.2. The van der Waals surface area contributed by atoms with Gasteiger partial charge in [0.05, 0.1) is 0 Å². The zero-order valence-corrected chi connectivity index (χ0v) is 17.3. The van der Waals surface area contributed by atoms with Gasteiger partial charge in [-0.3, -0.25) is 4.79 Å². The molecule has 5 heteroatoms. The van der Waals surface area contributed by atoms with E-state index in [-0.39, 0.29) is 18.2 Å². The van der Waals surface area contributed by atoms with Crippen LogP contribution < -0.4 is 10.3 Å².